The number of carbonyl (C=O) groups is 1. The predicted octanol–water partition coefficient (Wildman–Crippen LogP) is 3.33. The zero-order chi connectivity index (χ0) is 18.1. The monoisotopic (exact) mass is 363 g/mol. The Morgan fingerprint density at radius 1 is 1.31 bits per heavy atom. The van der Waals surface area contributed by atoms with Crippen molar-refractivity contribution in [1.29, 1.82) is 0 Å². The van der Waals surface area contributed by atoms with E-state index in [1.165, 1.54) is 0 Å². The van der Waals surface area contributed by atoms with Gasteiger partial charge in [0.2, 0.25) is 0 Å². The normalized spacial score (nSPS) is 11.0. The highest BCUT2D eigenvalue weighted by Crippen LogP contribution is 2.29. The molecule has 0 saturated heterocycles. The van der Waals surface area contributed by atoms with Gasteiger partial charge in [-0.25, -0.2) is 4.98 Å². The molecule has 0 fully saturated rings. The number of carbonyl (C=O) groups excluding carboxylic acids is 1. The average molecular weight is 363 g/mol. The highest BCUT2D eigenvalue weighted by molar-refractivity contribution is 7.13. The van der Waals surface area contributed by atoms with E-state index in [1.807, 2.05) is 49.7 Å². The Kier molecular flexibility index (Phi) is 4.22. The lowest BCUT2D eigenvalue weighted by Crippen LogP contribution is -2.23. The minimum atomic E-state index is -0.143. The first-order valence-electron chi connectivity index (χ1n) is 8.19. The van der Waals surface area contributed by atoms with E-state index in [4.69, 9.17) is 4.98 Å². The van der Waals surface area contributed by atoms with E-state index in [0.717, 1.165) is 27.2 Å². The molecule has 26 heavy (non-hydrogen) atoms. The Bertz CT molecular complexity index is 1070. The molecule has 7 heteroatoms. The van der Waals surface area contributed by atoms with Crippen LogP contribution in [0.2, 0.25) is 0 Å². The summed E-state index contributed by atoms with van der Waals surface area (Å²) in [6.45, 7) is 2.32. The molecule has 130 valence electrons. The van der Waals surface area contributed by atoms with Crippen LogP contribution in [0.25, 0.3) is 21.6 Å². The lowest BCUT2D eigenvalue weighted by Gasteiger charge is -2.09. The van der Waals surface area contributed by atoms with Crippen molar-refractivity contribution in [1.82, 2.24) is 25.1 Å². The molecule has 4 aromatic rings. The van der Waals surface area contributed by atoms with Crippen LogP contribution in [0.15, 0.2) is 48.1 Å². The van der Waals surface area contributed by atoms with E-state index in [0.29, 0.717) is 17.8 Å². The van der Waals surface area contributed by atoms with Crippen LogP contribution in [0.3, 0.4) is 0 Å². The summed E-state index contributed by atoms with van der Waals surface area (Å²) >= 11 is 1.60. The Morgan fingerprint density at radius 2 is 2.19 bits per heavy atom. The third-order valence-electron chi connectivity index (χ3n) is 4.16. The van der Waals surface area contributed by atoms with Gasteiger partial charge in [-0.05, 0) is 36.1 Å². The number of aromatic nitrogens is 4. The number of thiophene rings is 1. The molecular formula is C19H17N5OS. The number of nitrogens with zero attached hydrogens (tertiary/aromatic N) is 4. The molecule has 0 unspecified atom stereocenters. The smallest absolute Gasteiger partial charge is 0.252 e. The van der Waals surface area contributed by atoms with Gasteiger partial charge >= 0.3 is 0 Å². The van der Waals surface area contributed by atoms with E-state index in [1.54, 1.807) is 28.4 Å². The highest BCUT2D eigenvalue weighted by Gasteiger charge is 2.19. The molecule has 0 atom stereocenters. The summed E-state index contributed by atoms with van der Waals surface area (Å²) in [4.78, 5) is 22.7. The fourth-order valence-electron chi connectivity index (χ4n) is 2.95. The van der Waals surface area contributed by atoms with Gasteiger partial charge in [-0.3, -0.25) is 14.5 Å². The van der Waals surface area contributed by atoms with Gasteiger partial charge in [-0.15, -0.1) is 11.3 Å². The van der Waals surface area contributed by atoms with E-state index in [9.17, 15) is 4.79 Å². The van der Waals surface area contributed by atoms with Crippen molar-refractivity contribution >= 4 is 28.3 Å². The summed E-state index contributed by atoms with van der Waals surface area (Å²) in [6.07, 6.45) is 3.46. The van der Waals surface area contributed by atoms with Crippen LogP contribution in [0.4, 0.5) is 0 Å². The Hall–Kier alpha value is -3.06. The summed E-state index contributed by atoms with van der Waals surface area (Å²) in [7, 11) is 1.85. The van der Waals surface area contributed by atoms with Crippen LogP contribution in [0.5, 0.6) is 0 Å². The third-order valence-corrected chi connectivity index (χ3v) is 5.06. The SMILES string of the molecule is Cc1nn(C)c2nc(-c3cccs3)cc(C(=O)NCc3cccnc3)c12. The number of aryl methyl sites for hydroxylation is 2. The third kappa shape index (κ3) is 2.97. The first-order valence-corrected chi connectivity index (χ1v) is 9.07. The van der Waals surface area contributed by atoms with Crippen molar-refractivity contribution in [3.05, 3.63) is 64.9 Å². The molecule has 6 nitrogen and oxygen atoms in total. The fourth-order valence-corrected chi connectivity index (χ4v) is 3.64. The molecule has 0 spiro atoms. The van der Waals surface area contributed by atoms with Gasteiger partial charge in [-0.2, -0.15) is 5.10 Å². The zero-order valence-corrected chi connectivity index (χ0v) is 15.2. The molecule has 4 rings (SSSR count). The molecule has 4 aromatic heterocycles. The van der Waals surface area contributed by atoms with Crippen molar-refractivity contribution in [3.63, 3.8) is 0 Å². The van der Waals surface area contributed by atoms with Crippen LogP contribution < -0.4 is 5.32 Å². The second-order valence-electron chi connectivity index (χ2n) is 5.98. The maximum Gasteiger partial charge on any atom is 0.252 e. The van der Waals surface area contributed by atoms with Crippen molar-refractivity contribution in [3.8, 4) is 10.6 Å². The number of hydrogen-bond donors (Lipinski definition) is 1. The summed E-state index contributed by atoms with van der Waals surface area (Å²) in [5.41, 5.74) is 3.82. The van der Waals surface area contributed by atoms with Gasteiger partial charge in [-0.1, -0.05) is 12.1 Å². The number of nitrogens with one attached hydrogen (secondary N) is 1. The van der Waals surface area contributed by atoms with Crippen LogP contribution in [0.1, 0.15) is 21.6 Å². The topological polar surface area (TPSA) is 72.7 Å². The second kappa shape index (κ2) is 6.68. The predicted molar refractivity (Wildman–Crippen MR) is 102 cm³/mol. The molecule has 1 amide bonds. The highest BCUT2D eigenvalue weighted by atomic mass is 32.1. The van der Waals surface area contributed by atoms with E-state index >= 15 is 0 Å². The van der Waals surface area contributed by atoms with Crippen LogP contribution in [-0.4, -0.2) is 25.7 Å². The first kappa shape index (κ1) is 16.4. The van der Waals surface area contributed by atoms with Gasteiger partial charge in [0.05, 0.1) is 27.2 Å². The van der Waals surface area contributed by atoms with Gasteiger partial charge in [0.1, 0.15) is 0 Å². The molecular weight excluding hydrogens is 346 g/mol. The van der Waals surface area contributed by atoms with Crippen molar-refractivity contribution in [2.45, 2.75) is 13.5 Å². The van der Waals surface area contributed by atoms with Crippen LogP contribution in [-0.2, 0) is 13.6 Å². The Morgan fingerprint density at radius 3 is 2.92 bits per heavy atom. The van der Waals surface area contributed by atoms with Crippen molar-refractivity contribution in [2.75, 3.05) is 0 Å². The Labute approximate surface area is 154 Å². The molecule has 0 bridgehead atoms. The minimum Gasteiger partial charge on any atom is -0.348 e. The lowest BCUT2D eigenvalue weighted by molar-refractivity contribution is 0.0952. The standard InChI is InChI=1S/C19H17N5OS/c1-12-17-14(19(25)21-11-13-5-3-7-20-10-13)9-15(16-6-4-8-26-16)22-18(17)24(2)23-12/h3-10H,11H2,1-2H3,(H,21,25). The largest absolute Gasteiger partial charge is 0.348 e. The molecule has 0 radical (unpaired) electrons. The summed E-state index contributed by atoms with van der Waals surface area (Å²) in [5.74, 6) is -0.143. The number of amides is 1. The van der Waals surface area contributed by atoms with E-state index in [-0.39, 0.29) is 5.91 Å². The fraction of sp³-hybridized carbons (Fsp3) is 0.158. The van der Waals surface area contributed by atoms with Crippen molar-refractivity contribution in [2.24, 2.45) is 7.05 Å². The van der Waals surface area contributed by atoms with Gasteiger partial charge < -0.3 is 5.32 Å². The molecule has 4 heterocycles. The average Bonchev–Trinajstić information content (AvgIpc) is 3.29. The number of fused-ring (bicyclic) bond motifs is 1. The summed E-state index contributed by atoms with van der Waals surface area (Å²) < 4.78 is 1.72. The molecule has 0 saturated carbocycles. The molecule has 0 aliphatic carbocycles. The molecule has 0 aromatic carbocycles. The molecule has 0 aliphatic heterocycles. The quantitative estimate of drug-likeness (QED) is 0.604. The maximum atomic E-state index is 12.9. The molecule has 1 N–H and O–H groups in total. The van der Waals surface area contributed by atoms with Gasteiger partial charge in [0.25, 0.3) is 5.91 Å². The summed E-state index contributed by atoms with van der Waals surface area (Å²) in [6, 6.07) is 9.61. The first-order chi connectivity index (χ1) is 12.6. The van der Waals surface area contributed by atoms with E-state index < -0.39 is 0 Å². The minimum absolute atomic E-state index is 0.143. The molecule has 0 aliphatic rings. The van der Waals surface area contributed by atoms with Crippen molar-refractivity contribution < 1.29 is 4.79 Å². The van der Waals surface area contributed by atoms with Crippen LogP contribution in [0, 0.1) is 6.92 Å². The maximum absolute atomic E-state index is 12.9. The van der Waals surface area contributed by atoms with Gasteiger partial charge in [0.15, 0.2) is 5.65 Å². The van der Waals surface area contributed by atoms with E-state index in [2.05, 4.69) is 15.4 Å². The zero-order valence-electron chi connectivity index (χ0n) is 14.4. The summed E-state index contributed by atoms with van der Waals surface area (Å²) in [5, 5.41) is 10.2. The van der Waals surface area contributed by atoms with Crippen LogP contribution >= 0.6 is 11.3 Å². The number of pyridine rings is 2. The lowest BCUT2D eigenvalue weighted by atomic mass is 10.1. The second-order valence-corrected chi connectivity index (χ2v) is 6.93. The Balaban J connectivity index is 1.76. The van der Waals surface area contributed by atoms with Gasteiger partial charge in [0, 0.05) is 26.0 Å². The number of hydrogen-bond acceptors (Lipinski definition) is 5. The number of rotatable bonds is 4.